The summed E-state index contributed by atoms with van der Waals surface area (Å²) in [5, 5.41) is 29.6. The SMILES string of the molecule is O=S1(=O)[C@@H](CC[C@@H](O)c2ccc(F)cc2)[C@@H](c2ccc(O)cc2O)N1c1ccccc1. The van der Waals surface area contributed by atoms with Gasteiger partial charge in [0, 0.05) is 11.6 Å². The standard InChI is InChI=1S/C23H22FNO5S/c24-16-8-6-15(7-9-16)20(27)12-13-22-23(19-11-10-18(26)14-21(19)28)25(31(22,29)30)17-4-2-1-3-5-17/h1-11,14,20,22-23,26-28H,12-13H2/t20-,22+,23-/m1/s1. The third-order valence-corrected chi connectivity index (χ3v) is 7.83. The molecule has 8 heteroatoms. The molecule has 3 N–H and O–H groups in total. The summed E-state index contributed by atoms with van der Waals surface area (Å²) < 4.78 is 40.7. The lowest BCUT2D eigenvalue weighted by Gasteiger charge is -2.48. The fraction of sp³-hybridized carbons (Fsp3) is 0.217. The van der Waals surface area contributed by atoms with Crippen molar-refractivity contribution in [2.24, 2.45) is 0 Å². The van der Waals surface area contributed by atoms with Gasteiger partial charge in [-0.15, -0.1) is 0 Å². The summed E-state index contributed by atoms with van der Waals surface area (Å²) in [6.07, 6.45) is -0.668. The molecule has 0 aliphatic carbocycles. The van der Waals surface area contributed by atoms with Crippen LogP contribution >= 0.6 is 0 Å². The molecule has 3 atom stereocenters. The predicted octanol–water partition coefficient (Wildman–Crippen LogP) is 4.01. The summed E-state index contributed by atoms with van der Waals surface area (Å²) in [6.45, 7) is 0. The molecular weight excluding hydrogens is 421 g/mol. The number of nitrogens with zero attached hydrogens (tertiary/aromatic N) is 1. The van der Waals surface area contributed by atoms with E-state index in [9.17, 15) is 28.1 Å². The van der Waals surface area contributed by atoms with Crippen LogP contribution in [0.3, 0.4) is 0 Å². The van der Waals surface area contributed by atoms with Gasteiger partial charge in [-0.05, 0) is 54.8 Å². The van der Waals surface area contributed by atoms with E-state index in [1.54, 1.807) is 30.3 Å². The maximum Gasteiger partial charge on any atom is 0.241 e. The molecule has 0 spiro atoms. The second kappa shape index (κ2) is 8.20. The predicted molar refractivity (Wildman–Crippen MR) is 115 cm³/mol. The van der Waals surface area contributed by atoms with Gasteiger partial charge in [-0.1, -0.05) is 30.3 Å². The lowest BCUT2D eigenvalue weighted by Crippen LogP contribution is -2.58. The second-order valence-corrected chi connectivity index (χ2v) is 9.58. The Labute approximate surface area is 179 Å². The fourth-order valence-corrected chi connectivity index (χ4v) is 6.15. The van der Waals surface area contributed by atoms with E-state index >= 15 is 0 Å². The van der Waals surface area contributed by atoms with E-state index in [1.165, 1.54) is 46.8 Å². The van der Waals surface area contributed by atoms with Crippen molar-refractivity contribution < 1.29 is 28.1 Å². The third kappa shape index (κ3) is 3.96. The Morgan fingerprint density at radius 1 is 0.968 bits per heavy atom. The Hall–Kier alpha value is -3.10. The van der Waals surface area contributed by atoms with Gasteiger partial charge in [0.2, 0.25) is 10.0 Å². The van der Waals surface area contributed by atoms with Crippen molar-refractivity contribution in [1.82, 2.24) is 0 Å². The highest BCUT2D eigenvalue weighted by atomic mass is 32.2. The number of rotatable bonds is 6. The summed E-state index contributed by atoms with van der Waals surface area (Å²) in [5.74, 6) is -0.748. The zero-order chi connectivity index (χ0) is 22.2. The number of hydrogen-bond acceptors (Lipinski definition) is 5. The molecule has 3 aromatic rings. The molecule has 0 amide bonds. The van der Waals surface area contributed by atoms with Gasteiger partial charge >= 0.3 is 0 Å². The van der Waals surface area contributed by atoms with Crippen molar-refractivity contribution in [1.29, 1.82) is 0 Å². The highest BCUT2D eigenvalue weighted by molar-refractivity contribution is 7.95. The Morgan fingerprint density at radius 3 is 2.29 bits per heavy atom. The number of phenolic OH excluding ortho intramolecular Hbond substituents is 2. The minimum atomic E-state index is -3.74. The summed E-state index contributed by atoms with van der Waals surface area (Å²) in [4.78, 5) is 0. The van der Waals surface area contributed by atoms with Crippen molar-refractivity contribution in [3.05, 3.63) is 89.7 Å². The molecule has 0 saturated carbocycles. The van der Waals surface area contributed by atoms with Gasteiger partial charge in [0.15, 0.2) is 0 Å². The largest absolute Gasteiger partial charge is 0.508 e. The molecule has 6 nitrogen and oxygen atoms in total. The Bertz CT molecular complexity index is 1170. The number of para-hydroxylation sites is 1. The number of aromatic hydroxyl groups is 2. The number of aliphatic hydroxyl groups is 1. The number of hydrogen-bond donors (Lipinski definition) is 3. The lowest BCUT2D eigenvalue weighted by atomic mass is 9.95. The average molecular weight is 443 g/mol. The number of phenols is 2. The lowest BCUT2D eigenvalue weighted by molar-refractivity contribution is 0.162. The summed E-state index contributed by atoms with van der Waals surface area (Å²) in [5.41, 5.74) is 1.34. The molecule has 162 valence electrons. The molecule has 0 radical (unpaired) electrons. The Morgan fingerprint density at radius 2 is 1.65 bits per heavy atom. The fourth-order valence-electron chi connectivity index (χ4n) is 4.03. The smallest absolute Gasteiger partial charge is 0.241 e. The van der Waals surface area contributed by atoms with Gasteiger partial charge in [0.1, 0.15) is 22.6 Å². The summed E-state index contributed by atoms with van der Waals surface area (Å²) >= 11 is 0. The molecule has 1 heterocycles. The van der Waals surface area contributed by atoms with Crippen LogP contribution < -0.4 is 4.31 Å². The highest BCUT2D eigenvalue weighted by Crippen LogP contribution is 2.50. The van der Waals surface area contributed by atoms with Crippen LogP contribution in [0.1, 0.15) is 36.1 Å². The van der Waals surface area contributed by atoms with Crippen molar-refractivity contribution in [2.75, 3.05) is 4.31 Å². The van der Waals surface area contributed by atoms with Crippen LogP contribution in [0.2, 0.25) is 0 Å². The normalized spacial score (nSPS) is 20.8. The molecule has 0 aromatic heterocycles. The van der Waals surface area contributed by atoms with Crippen LogP contribution in [0.5, 0.6) is 11.5 Å². The van der Waals surface area contributed by atoms with Gasteiger partial charge < -0.3 is 15.3 Å². The summed E-state index contributed by atoms with van der Waals surface area (Å²) in [7, 11) is -3.74. The van der Waals surface area contributed by atoms with Crippen LogP contribution in [-0.2, 0) is 10.0 Å². The first-order valence-corrected chi connectivity index (χ1v) is 11.3. The maximum absolute atomic E-state index is 13.2. The zero-order valence-electron chi connectivity index (χ0n) is 16.5. The average Bonchev–Trinajstić information content (AvgIpc) is 2.74. The second-order valence-electron chi connectivity index (χ2n) is 7.55. The van der Waals surface area contributed by atoms with Crippen LogP contribution in [0.4, 0.5) is 10.1 Å². The molecule has 0 unspecified atom stereocenters. The molecule has 1 saturated heterocycles. The monoisotopic (exact) mass is 443 g/mol. The van der Waals surface area contributed by atoms with Gasteiger partial charge in [-0.2, -0.15) is 0 Å². The highest BCUT2D eigenvalue weighted by Gasteiger charge is 2.54. The van der Waals surface area contributed by atoms with Crippen LogP contribution in [0.15, 0.2) is 72.8 Å². The molecule has 31 heavy (non-hydrogen) atoms. The van der Waals surface area contributed by atoms with E-state index < -0.39 is 33.2 Å². The molecule has 1 fully saturated rings. The molecule has 0 bridgehead atoms. The van der Waals surface area contributed by atoms with Crippen molar-refractivity contribution in [2.45, 2.75) is 30.2 Å². The molecule has 1 aliphatic rings. The van der Waals surface area contributed by atoms with Crippen LogP contribution in [0.25, 0.3) is 0 Å². The maximum atomic E-state index is 13.2. The minimum absolute atomic E-state index is 0.127. The Kier molecular flexibility index (Phi) is 5.60. The quantitative estimate of drug-likeness (QED) is 0.535. The first-order chi connectivity index (χ1) is 14.8. The zero-order valence-corrected chi connectivity index (χ0v) is 17.3. The van der Waals surface area contributed by atoms with E-state index in [4.69, 9.17) is 0 Å². The van der Waals surface area contributed by atoms with Crippen molar-refractivity contribution in [3.8, 4) is 11.5 Å². The first kappa shape index (κ1) is 21.1. The molecule has 4 rings (SSSR count). The number of anilines is 1. The number of benzene rings is 3. The van der Waals surface area contributed by atoms with Gasteiger partial charge in [-0.25, -0.2) is 12.8 Å². The first-order valence-electron chi connectivity index (χ1n) is 9.83. The number of aliphatic hydroxyl groups excluding tert-OH is 1. The number of halogens is 1. The van der Waals surface area contributed by atoms with Crippen LogP contribution in [-0.4, -0.2) is 29.0 Å². The third-order valence-electron chi connectivity index (χ3n) is 5.58. The van der Waals surface area contributed by atoms with Crippen LogP contribution in [0, 0.1) is 5.82 Å². The van der Waals surface area contributed by atoms with E-state index in [2.05, 4.69) is 0 Å². The summed E-state index contributed by atoms with van der Waals surface area (Å²) in [6, 6.07) is 17.4. The van der Waals surface area contributed by atoms with E-state index in [1.807, 2.05) is 0 Å². The molecular formula is C23H22FNO5S. The van der Waals surface area contributed by atoms with Crippen molar-refractivity contribution >= 4 is 15.7 Å². The van der Waals surface area contributed by atoms with E-state index in [0.717, 1.165) is 0 Å². The minimum Gasteiger partial charge on any atom is -0.508 e. The molecule has 3 aromatic carbocycles. The topological polar surface area (TPSA) is 98.1 Å². The number of sulfonamides is 1. The van der Waals surface area contributed by atoms with E-state index in [-0.39, 0.29) is 24.3 Å². The van der Waals surface area contributed by atoms with E-state index in [0.29, 0.717) is 16.8 Å². The molecule has 1 aliphatic heterocycles. The van der Waals surface area contributed by atoms with Gasteiger partial charge in [-0.3, -0.25) is 4.31 Å². The van der Waals surface area contributed by atoms with Crippen molar-refractivity contribution in [3.63, 3.8) is 0 Å². The van der Waals surface area contributed by atoms with Gasteiger partial charge in [0.25, 0.3) is 0 Å². The van der Waals surface area contributed by atoms with Gasteiger partial charge in [0.05, 0.1) is 17.8 Å². The Balaban J connectivity index is 1.64.